The summed E-state index contributed by atoms with van der Waals surface area (Å²) in [6.45, 7) is 4.65. The normalized spacial score (nSPS) is 21.5. The lowest BCUT2D eigenvalue weighted by molar-refractivity contribution is -0.167. The van der Waals surface area contributed by atoms with Crippen LogP contribution in [0.25, 0.3) is 0 Å². The number of aryl methyl sites for hydroxylation is 1. The van der Waals surface area contributed by atoms with Crippen LogP contribution in [0.5, 0.6) is 0 Å². The first kappa shape index (κ1) is 38.9. The minimum atomic E-state index is -2.10. The molecule has 1 aliphatic carbocycles. The highest BCUT2D eigenvalue weighted by molar-refractivity contribution is 6.04. The van der Waals surface area contributed by atoms with Crippen LogP contribution in [-0.2, 0) is 42.3 Å². The second kappa shape index (κ2) is 16.6. The van der Waals surface area contributed by atoms with Crippen LogP contribution in [0.1, 0.15) is 62.1 Å². The Bertz CT molecular complexity index is 1790. The Kier molecular flexibility index (Phi) is 12.2. The van der Waals surface area contributed by atoms with Gasteiger partial charge in [0.1, 0.15) is 11.5 Å². The van der Waals surface area contributed by atoms with Gasteiger partial charge >= 0.3 is 6.09 Å². The summed E-state index contributed by atoms with van der Waals surface area (Å²) in [5, 5.41) is 8.79. The minimum Gasteiger partial charge on any atom is -0.426 e. The third-order valence-corrected chi connectivity index (χ3v) is 10.7. The predicted octanol–water partition coefficient (Wildman–Crippen LogP) is 2.49. The number of nitrogens with zero attached hydrogens (tertiary/aromatic N) is 2. The molecule has 3 aromatic carbocycles. The Morgan fingerprint density at radius 1 is 0.887 bits per heavy atom. The fourth-order valence-corrected chi connectivity index (χ4v) is 7.69. The lowest BCUT2D eigenvalue weighted by atomic mass is 9.56. The number of hydrogen-bond acceptors (Lipinski definition) is 8. The molecule has 3 aromatic rings. The number of carbonyl (C=O) groups excluding carboxylic acids is 5. The predicted molar refractivity (Wildman–Crippen MR) is 200 cm³/mol. The van der Waals surface area contributed by atoms with Gasteiger partial charge in [-0.2, -0.15) is 0 Å². The van der Waals surface area contributed by atoms with Crippen molar-refractivity contribution >= 4 is 29.7 Å². The smallest absolute Gasteiger partial charge is 0.411 e. The molecule has 5 rings (SSSR count). The zero-order valence-electron chi connectivity index (χ0n) is 30.8. The molecule has 1 heterocycles. The SMILES string of the molecule is CN[C@@H](C)C(=O)N[C@H](C(=O)N1CCN(C(=O)OC(N)c2ccccc2)C[C@]1(C(=O)NCc1ccccc1)[C@]1(C(N)=O)CCCc2ccccc21)C(C)C. The van der Waals surface area contributed by atoms with E-state index in [1.165, 1.54) is 9.80 Å². The number of fused-ring (bicyclic) bond motifs is 1. The van der Waals surface area contributed by atoms with E-state index >= 15 is 9.59 Å². The van der Waals surface area contributed by atoms with Gasteiger partial charge in [-0.3, -0.25) is 24.9 Å². The maximum atomic E-state index is 15.4. The molecule has 5 atom stereocenters. The van der Waals surface area contributed by atoms with Gasteiger partial charge in [0.05, 0.1) is 12.6 Å². The molecule has 5 amide bonds. The van der Waals surface area contributed by atoms with E-state index < -0.39 is 71.5 Å². The average molecular weight is 726 g/mol. The quantitative estimate of drug-likeness (QED) is 0.176. The second-order valence-corrected chi connectivity index (χ2v) is 14.2. The van der Waals surface area contributed by atoms with E-state index in [1.807, 2.05) is 48.5 Å². The molecule has 282 valence electrons. The molecule has 1 fully saturated rings. The molecule has 7 N–H and O–H groups in total. The summed E-state index contributed by atoms with van der Waals surface area (Å²) in [5.74, 6) is -2.90. The minimum absolute atomic E-state index is 0.0536. The van der Waals surface area contributed by atoms with E-state index in [-0.39, 0.29) is 26.1 Å². The molecular formula is C40H51N7O6. The van der Waals surface area contributed by atoms with Crippen LogP contribution >= 0.6 is 0 Å². The van der Waals surface area contributed by atoms with E-state index in [4.69, 9.17) is 16.2 Å². The van der Waals surface area contributed by atoms with Gasteiger partial charge in [-0.1, -0.05) is 98.8 Å². The van der Waals surface area contributed by atoms with E-state index in [2.05, 4.69) is 16.0 Å². The van der Waals surface area contributed by atoms with E-state index in [1.54, 1.807) is 64.2 Å². The van der Waals surface area contributed by atoms with Gasteiger partial charge in [-0.15, -0.1) is 0 Å². The highest BCUT2D eigenvalue weighted by Crippen LogP contribution is 2.50. The number of carbonyl (C=O) groups is 5. The van der Waals surface area contributed by atoms with Crippen molar-refractivity contribution in [3.05, 3.63) is 107 Å². The van der Waals surface area contributed by atoms with Crippen LogP contribution in [0, 0.1) is 5.92 Å². The molecule has 1 saturated heterocycles. The van der Waals surface area contributed by atoms with Crippen LogP contribution in [0.15, 0.2) is 84.9 Å². The number of nitrogens with one attached hydrogen (secondary N) is 3. The number of piperazine rings is 1. The maximum absolute atomic E-state index is 15.4. The van der Waals surface area contributed by atoms with E-state index in [0.717, 1.165) is 11.1 Å². The Morgan fingerprint density at radius 3 is 2.17 bits per heavy atom. The average Bonchev–Trinajstić information content (AvgIpc) is 3.18. The first-order valence-corrected chi connectivity index (χ1v) is 18.1. The molecule has 13 heteroatoms. The molecular weight excluding hydrogens is 674 g/mol. The molecule has 0 aromatic heterocycles. The van der Waals surface area contributed by atoms with Crippen molar-refractivity contribution in [1.82, 2.24) is 25.8 Å². The topological polar surface area (TPSA) is 189 Å². The maximum Gasteiger partial charge on any atom is 0.411 e. The number of primary amides is 1. The first-order chi connectivity index (χ1) is 25.4. The molecule has 0 spiro atoms. The Labute approximate surface area is 310 Å². The van der Waals surface area contributed by atoms with Crippen LogP contribution in [0.4, 0.5) is 4.79 Å². The number of rotatable bonds is 12. The van der Waals surface area contributed by atoms with Gasteiger partial charge in [0, 0.05) is 25.2 Å². The van der Waals surface area contributed by atoms with Crippen LogP contribution in [0.3, 0.4) is 0 Å². The molecule has 53 heavy (non-hydrogen) atoms. The van der Waals surface area contributed by atoms with Crippen molar-refractivity contribution in [2.75, 3.05) is 26.7 Å². The van der Waals surface area contributed by atoms with Gasteiger partial charge in [-0.05, 0) is 55.8 Å². The molecule has 0 bridgehead atoms. The standard InChI is InChI=1S/C40H51N7O6/c1-26(2)32(45-34(48)27(3)43-4)35(49)47-23-22-46(38(52)53-33(41)30-17-9-6-10-18-30)25-40(47,37(51)44-24-28-14-7-5-8-15-28)39(36(42)50)21-13-19-29-16-11-12-20-31(29)39/h5-12,14-18,20,26-27,32-33,43H,13,19,21-25,41H2,1-4H3,(H2,42,50)(H,44,51)(H,45,48)/t27-,32-,33?,39+,40-/m0/s1. The number of benzene rings is 3. The lowest BCUT2D eigenvalue weighted by Gasteiger charge is -2.59. The second-order valence-electron chi connectivity index (χ2n) is 14.2. The molecule has 1 unspecified atom stereocenters. The summed E-state index contributed by atoms with van der Waals surface area (Å²) < 4.78 is 5.75. The Morgan fingerprint density at radius 2 is 1.53 bits per heavy atom. The van der Waals surface area contributed by atoms with Crippen molar-refractivity contribution in [3.8, 4) is 0 Å². The largest absolute Gasteiger partial charge is 0.426 e. The van der Waals surface area contributed by atoms with Crippen LogP contribution < -0.4 is 27.4 Å². The van der Waals surface area contributed by atoms with Crippen molar-refractivity contribution < 1.29 is 28.7 Å². The Balaban J connectivity index is 1.70. The highest BCUT2D eigenvalue weighted by atomic mass is 16.6. The molecule has 0 radical (unpaired) electrons. The zero-order chi connectivity index (χ0) is 38.3. The van der Waals surface area contributed by atoms with Crippen molar-refractivity contribution in [3.63, 3.8) is 0 Å². The third-order valence-electron chi connectivity index (χ3n) is 10.7. The molecule has 2 aliphatic rings. The summed E-state index contributed by atoms with van der Waals surface area (Å²) in [4.78, 5) is 75.0. The van der Waals surface area contributed by atoms with E-state index in [0.29, 0.717) is 24.0 Å². The summed E-state index contributed by atoms with van der Waals surface area (Å²) >= 11 is 0. The fraction of sp³-hybridized carbons (Fsp3) is 0.425. The first-order valence-electron chi connectivity index (χ1n) is 18.1. The van der Waals surface area contributed by atoms with Crippen molar-refractivity contribution in [2.24, 2.45) is 17.4 Å². The number of hydrogen-bond donors (Lipinski definition) is 5. The Hall–Kier alpha value is -5.27. The van der Waals surface area contributed by atoms with Gasteiger partial charge in [0.15, 0.2) is 11.8 Å². The van der Waals surface area contributed by atoms with Crippen LogP contribution in [0.2, 0.25) is 0 Å². The number of ether oxygens (including phenoxy) is 1. The van der Waals surface area contributed by atoms with E-state index in [9.17, 15) is 14.4 Å². The number of amides is 5. The monoisotopic (exact) mass is 725 g/mol. The van der Waals surface area contributed by atoms with Gasteiger partial charge < -0.3 is 36.2 Å². The zero-order valence-corrected chi connectivity index (χ0v) is 30.8. The molecule has 0 saturated carbocycles. The van der Waals surface area contributed by atoms with Crippen molar-refractivity contribution in [2.45, 2.75) is 75.8 Å². The molecule has 1 aliphatic heterocycles. The van der Waals surface area contributed by atoms with Gasteiger partial charge in [0.2, 0.25) is 23.6 Å². The summed E-state index contributed by atoms with van der Waals surface area (Å²) in [6, 6.07) is 23.6. The molecule has 13 nitrogen and oxygen atoms in total. The summed E-state index contributed by atoms with van der Waals surface area (Å²) in [5.41, 5.74) is 11.6. The fourth-order valence-electron chi connectivity index (χ4n) is 7.69. The van der Waals surface area contributed by atoms with Gasteiger partial charge in [-0.25, -0.2) is 4.79 Å². The summed E-state index contributed by atoms with van der Waals surface area (Å²) in [7, 11) is 1.64. The van der Waals surface area contributed by atoms with Crippen LogP contribution in [-0.4, -0.2) is 83.8 Å². The van der Waals surface area contributed by atoms with Crippen molar-refractivity contribution in [1.29, 1.82) is 0 Å². The third kappa shape index (κ3) is 7.63. The summed E-state index contributed by atoms with van der Waals surface area (Å²) in [6.07, 6.45) is -0.744. The lowest BCUT2D eigenvalue weighted by Crippen LogP contribution is -2.81. The highest BCUT2D eigenvalue weighted by Gasteiger charge is 2.68. The van der Waals surface area contributed by atoms with Gasteiger partial charge in [0.25, 0.3) is 0 Å². The number of likely N-dealkylation sites (N-methyl/N-ethyl adjacent to an activating group) is 1. The number of nitrogens with two attached hydrogens (primary N) is 2.